The molecule has 0 saturated heterocycles. The maximum absolute atomic E-state index is 12.5. The molecule has 0 heterocycles. The fourth-order valence-electron chi connectivity index (χ4n) is 2.75. The Morgan fingerprint density at radius 2 is 1.86 bits per heavy atom. The van der Waals surface area contributed by atoms with E-state index >= 15 is 0 Å². The maximum Gasteiger partial charge on any atom is 0.309 e. The van der Waals surface area contributed by atoms with Crippen LogP contribution in [0.1, 0.15) is 19.8 Å². The Hall–Kier alpha value is -1.59. The van der Waals surface area contributed by atoms with Gasteiger partial charge in [0.15, 0.2) is 0 Å². The van der Waals surface area contributed by atoms with Gasteiger partial charge in [0.05, 0.1) is 24.5 Å². The third-order valence-corrected chi connectivity index (χ3v) is 4.14. The molecule has 1 aliphatic carbocycles. The van der Waals surface area contributed by atoms with Crippen molar-refractivity contribution in [2.45, 2.75) is 25.9 Å². The van der Waals surface area contributed by atoms with Gasteiger partial charge in [0, 0.05) is 17.8 Å². The summed E-state index contributed by atoms with van der Waals surface area (Å²) in [5.74, 6) is -1.44. The number of anilines is 1. The first-order valence-corrected chi connectivity index (χ1v) is 7.68. The summed E-state index contributed by atoms with van der Waals surface area (Å²) >= 11 is 5.82. The number of nitrogens with one attached hydrogen (secondary N) is 1. The number of amides is 1. The van der Waals surface area contributed by atoms with Crippen molar-refractivity contribution < 1.29 is 19.1 Å². The second kappa shape index (κ2) is 7.61. The highest BCUT2D eigenvalue weighted by Gasteiger charge is 2.43. The van der Waals surface area contributed by atoms with Gasteiger partial charge < -0.3 is 14.8 Å². The zero-order valence-electron chi connectivity index (χ0n) is 12.7. The molecule has 1 amide bonds. The van der Waals surface area contributed by atoms with Gasteiger partial charge in [0.2, 0.25) is 5.91 Å². The Morgan fingerprint density at radius 1 is 1.23 bits per heavy atom. The van der Waals surface area contributed by atoms with E-state index < -0.39 is 11.8 Å². The monoisotopic (exact) mass is 325 g/mol. The summed E-state index contributed by atoms with van der Waals surface area (Å²) in [4.78, 5) is 24.5. The van der Waals surface area contributed by atoms with E-state index in [9.17, 15) is 9.59 Å². The van der Waals surface area contributed by atoms with Crippen molar-refractivity contribution in [3.05, 3.63) is 29.3 Å². The van der Waals surface area contributed by atoms with E-state index in [-0.39, 0.29) is 18.0 Å². The molecule has 1 aromatic carbocycles. The molecule has 5 nitrogen and oxygen atoms in total. The molecule has 120 valence electrons. The zero-order valence-corrected chi connectivity index (χ0v) is 13.4. The molecule has 3 atom stereocenters. The molecule has 6 heteroatoms. The van der Waals surface area contributed by atoms with Crippen LogP contribution in [-0.2, 0) is 19.1 Å². The van der Waals surface area contributed by atoms with Crippen LogP contribution in [0.4, 0.5) is 5.69 Å². The number of carbonyl (C=O) groups is 2. The fraction of sp³-hybridized carbons (Fsp3) is 0.500. The van der Waals surface area contributed by atoms with Gasteiger partial charge in [-0.25, -0.2) is 0 Å². The summed E-state index contributed by atoms with van der Waals surface area (Å²) in [5, 5.41) is 3.42. The van der Waals surface area contributed by atoms with E-state index in [1.165, 1.54) is 0 Å². The highest BCUT2D eigenvalue weighted by atomic mass is 35.5. The molecule has 2 rings (SSSR count). The number of rotatable bonds is 5. The van der Waals surface area contributed by atoms with Crippen molar-refractivity contribution in [2.75, 3.05) is 19.0 Å². The molecule has 0 radical (unpaired) electrons. The third kappa shape index (κ3) is 3.99. The summed E-state index contributed by atoms with van der Waals surface area (Å²) in [5.41, 5.74) is 0.651. The number of hydrogen-bond acceptors (Lipinski definition) is 4. The van der Waals surface area contributed by atoms with Gasteiger partial charge in [0.25, 0.3) is 0 Å². The van der Waals surface area contributed by atoms with Crippen LogP contribution in [0.3, 0.4) is 0 Å². The standard InChI is InChI=1S/C16H20ClNO4/c1-3-22-16(20)14-9-12(21-2)8-13(14)15(19)18-11-6-4-10(17)5-7-11/h4-7,12-14H,3,8-9H2,1-2H3,(H,18,19)/t12-,13-,14-/m0/s1. The Balaban J connectivity index is 2.07. The number of benzene rings is 1. The predicted molar refractivity (Wildman–Crippen MR) is 83.7 cm³/mol. The van der Waals surface area contributed by atoms with E-state index in [2.05, 4.69) is 5.32 Å². The van der Waals surface area contributed by atoms with Gasteiger partial charge in [-0.2, -0.15) is 0 Å². The molecular formula is C16H20ClNO4. The van der Waals surface area contributed by atoms with Gasteiger partial charge in [-0.3, -0.25) is 9.59 Å². The highest BCUT2D eigenvalue weighted by molar-refractivity contribution is 6.30. The summed E-state index contributed by atoms with van der Waals surface area (Å²) in [6.07, 6.45) is 0.920. The first-order chi connectivity index (χ1) is 10.5. The predicted octanol–water partition coefficient (Wildman–Crippen LogP) is 2.88. The van der Waals surface area contributed by atoms with Crippen molar-refractivity contribution in [2.24, 2.45) is 11.8 Å². The van der Waals surface area contributed by atoms with Crippen LogP contribution >= 0.6 is 11.6 Å². The molecule has 0 aromatic heterocycles. The molecule has 1 N–H and O–H groups in total. The van der Waals surface area contributed by atoms with Gasteiger partial charge in [-0.1, -0.05) is 11.6 Å². The molecule has 1 aromatic rings. The van der Waals surface area contributed by atoms with Crippen LogP contribution in [0.2, 0.25) is 5.02 Å². The Kier molecular flexibility index (Phi) is 5.80. The van der Waals surface area contributed by atoms with Crippen molar-refractivity contribution >= 4 is 29.2 Å². The van der Waals surface area contributed by atoms with E-state index in [0.29, 0.717) is 30.2 Å². The summed E-state index contributed by atoms with van der Waals surface area (Å²) in [7, 11) is 1.59. The van der Waals surface area contributed by atoms with Crippen LogP contribution in [0.15, 0.2) is 24.3 Å². The van der Waals surface area contributed by atoms with Crippen molar-refractivity contribution in [3.8, 4) is 0 Å². The molecule has 0 spiro atoms. The Bertz CT molecular complexity index is 531. The first-order valence-electron chi connectivity index (χ1n) is 7.31. The van der Waals surface area contributed by atoms with E-state index in [1.54, 1.807) is 38.3 Å². The second-order valence-corrected chi connectivity index (χ2v) is 5.73. The van der Waals surface area contributed by atoms with Crippen molar-refractivity contribution in [3.63, 3.8) is 0 Å². The summed E-state index contributed by atoms with van der Waals surface area (Å²) in [6, 6.07) is 6.85. The maximum atomic E-state index is 12.5. The lowest BCUT2D eigenvalue weighted by Crippen LogP contribution is -2.31. The lowest BCUT2D eigenvalue weighted by atomic mass is 9.95. The van der Waals surface area contributed by atoms with Crippen molar-refractivity contribution in [1.29, 1.82) is 0 Å². The van der Waals surface area contributed by atoms with Crippen LogP contribution in [0.5, 0.6) is 0 Å². The molecule has 0 bridgehead atoms. The average Bonchev–Trinajstić information content (AvgIpc) is 2.94. The highest BCUT2D eigenvalue weighted by Crippen LogP contribution is 2.35. The second-order valence-electron chi connectivity index (χ2n) is 5.29. The SMILES string of the molecule is CCOC(=O)[C@H]1C[C@@H](OC)C[C@@H]1C(=O)Nc1ccc(Cl)cc1. The number of methoxy groups -OCH3 is 1. The van der Waals surface area contributed by atoms with Crippen LogP contribution in [0.25, 0.3) is 0 Å². The van der Waals surface area contributed by atoms with Crippen molar-refractivity contribution in [1.82, 2.24) is 0 Å². The lowest BCUT2D eigenvalue weighted by molar-refractivity contribution is -0.151. The molecule has 0 unspecified atom stereocenters. The lowest BCUT2D eigenvalue weighted by Gasteiger charge is -2.17. The minimum Gasteiger partial charge on any atom is -0.466 e. The normalized spacial score (nSPS) is 24.0. The van der Waals surface area contributed by atoms with Gasteiger partial charge >= 0.3 is 5.97 Å². The smallest absolute Gasteiger partial charge is 0.309 e. The van der Waals surface area contributed by atoms with Gasteiger partial charge in [-0.05, 0) is 44.0 Å². The summed E-state index contributed by atoms with van der Waals surface area (Å²) < 4.78 is 10.4. The topological polar surface area (TPSA) is 64.6 Å². The van der Waals surface area contributed by atoms with Gasteiger partial charge in [-0.15, -0.1) is 0 Å². The Morgan fingerprint density at radius 3 is 2.45 bits per heavy atom. The summed E-state index contributed by atoms with van der Waals surface area (Å²) in [6.45, 7) is 2.06. The van der Waals surface area contributed by atoms with E-state index in [1.807, 2.05) is 0 Å². The zero-order chi connectivity index (χ0) is 16.1. The molecule has 1 saturated carbocycles. The molecule has 1 fully saturated rings. The molecule has 0 aliphatic heterocycles. The number of esters is 1. The minimum absolute atomic E-state index is 0.102. The van der Waals surface area contributed by atoms with E-state index in [0.717, 1.165) is 0 Å². The molecule has 1 aliphatic rings. The minimum atomic E-state index is -0.461. The van der Waals surface area contributed by atoms with Crippen LogP contribution in [0, 0.1) is 11.8 Å². The van der Waals surface area contributed by atoms with E-state index in [4.69, 9.17) is 21.1 Å². The fourth-order valence-corrected chi connectivity index (χ4v) is 2.88. The largest absolute Gasteiger partial charge is 0.466 e. The van der Waals surface area contributed by atoms with Crippen LogP contribution in [-0.4, -0.2) is 31.7 Å². The number of ether oxygens (including phenoxy) is 2. The van der Waals surface area contributed by atoms with Gasteiger partial charge in [0.1, 0.15) is 0 Å². The number of carbonyl (C=O) groups excluding carboxylic acids is 2. The number of hydrogen-bond donors (Lipinski definition) is 1. The molecule has 22 heavy (non-hydrogen) atoms. The third-order valence-electron chi connectivity index (χ3n) is 3.89. The molecular weight excluding hydrogens is 306 g/mol. The average molecular weight is 326 g/mol. The first kappa shape index (κ1) is 16.8. The van der Waals surface area contributed by atoms with Crippen LogP contribution < -0.4 is 5.32 Å². The quantitative estimate of drug-likeness (QED) is 0.845. The number of halogens is 1. The Labute approximate surface area is 134 Å².